The van der Waals surface area contributed by atoms with Gasteiger partial charge in [0, 0.05) is 18.7 Å². The van der Waals surface area contributed by atoms with E-state index >= 15 is 0 Å². The van der Waals surface area contributed by atoms with Crippen molar-refractivity contribution in [3.63, 3.8) is 0 Å². The van der Waals surface area contributed by atoms with Crippen LogP contribution in [0.3, 0.4) is 0 Å². The molecular formula is C38H46F3N5O10S. The average molecular weight is 822 g/mol. The average Bonchev–Trinajstić information content (AvgIpc) is 3.16. The smallest absolute Gasteiger partial charge is 0.416 e. The van der Waals surface area contributed by atoms with E-state index in [4.69, 9.17) is 14.2 Å². The molecule has 4 rings (SSSR count). The molecule has 57 heavy (non-hydrogen) atoms. The summed E-state index contributed by atoms with van der Waals surface area (Å²) < 4.78 is 85.1. The summed E-state index contributed by atoms with van der Waals surface area (Å²) in [5, 5.41) is 20.9. The summed E-state index contributed by atoms with van der Waals surface area (Å²) in [5.74, 6) is -2.60. The van der Waals surface area contributed by atoms with Gasteiger partial charge in [0.15, 0.2) is 11.5 Å². The third-order valence-electron chi connectivity index (χ3n) is 8.98. The highest BCUT2D eigenvalue weighted by Crippen LogP contribution is 2.37. The van der Waals surface area contributed by atoms with Gasteiger partial charge in [-0.05, 0) is 80.3 Å². The van der Waals surface area contributed by atoms with E-state index in [1.807, 2.05) is 0 Å². The lowest BCUT2D eigenvalue weighted by molar-refractivity contribution is -0.137. The molecule has 1 heterocycles. The van der Waals surface area contributed by atoms with Crippen molar-refractivity contribution in [2.45, 2.75) is 69.4 Å². The minimum Gasteiger partial charge on any atom is -0.496 e. The molecule has 0 unspecified atom stereocenters. The van der Waals surface area contributed by atoms with Gasteiger partial charge in [0.1, 0.15) is 23.6 Å². The first-order chi connectivity index (χ1) is 26.9. The number of fused-ring (bicyclic) bond motifs is 3. The Bertz CT molecular complexity index is 2030. The fourth-order valence-electron chi connectivity index (χ4n) is 5.84. The molecule has 2 bridgehead atoms. The largest absolute Gasteiger partial charge is 0.496 e. The Hall–Kier alpha value is -5.40. The van der Waals surface area contributed by atoms with Crippen molar-refractivity contribution in [3.05, 3.63) is 77.4 Å². The Morgan fingerprint density at radius 3 is 2.14 bits per heavy atom. The summed E-state index contributed by atoms with van der Waals surface area (Å²) in [6.45, 7) is 3.21. The summed E-state index contributed by atoms with van der Waals surface area (Å²) in [5.41, 5.74) is -0.488. The van der Waals surface area contributed by atoms with Crippen molar-refractivity contribution in [1.82, 2.24) is 25.6 Å². The Morgan fingerprint density at radius 2 is 1.53 bits per heavy atom. The summed E-state index contributed by atoms with van der Waals surface area (Å²) in [6.07, 6.45) is -5.97. The van der Waals surface area contributed by atoms with Gasteiger partial charge >= 0.3 is 6.18 Å². The molecule has 0 fully saturated rings. The maximum absolute atomic E-state index is 13.7. The Morgan fingerprint density at radius 1 is 0.842 bits per heavy atom. The van der Waals surface area contributed by atoms with Gasteiger partial charge in [-0.1, -0.05) is 19.9 Å². The van der Waals surface area contributed by atoms with Crippen molar-refractivity contribution < 1.29 is 60.1 Å². The van der Waals surface area contributed by atoms with E-state index in [1.165, 1.54) is 39.3 Å². The highest BCUT2D eigenvalue weighted by atomic mass is 32.2. The van der Waals surface area contributed by atoms with Gasteiger partial charge in [-0.25, -0.2) is 8.42 Å². The number of carbonyl (C=O) groups is 4. The fourth-order valence-corrected chi connectivity index (χ4v) is 7.27. The van der Waals surface area contributed by atoms with Crippen LogP contribution in [0.25, 0.3) is 0 Å². The number of halogens is 3. The molecule has 15 nitrogen and oxygen atoms in total. The minimum atomic E-state index is -4.73. The first kappa shape index (κ1) is 44.3. The van der Waals surface area contributed by atoms with Crippen LogP contribution in [0.15, 0.2) is 65.6 Å². The van der Waals surface area contributed by atoms with Gasteiger partial charge in [-0.15, -0.1) is 0 Å². The third kappa shape index (κ3) is 11.4. The zero-order chi connectivity index (χ0) is 42.1. The van der Waals surface area contributed by atoms with E-state index in [2.05, 4.69) is 21.3 Å². The molecular weight excluding hydrogens is 776 g/mol. The molecule has 5 N–H and O–H groups in total. The second-order valence-electron chi connectivity index (χ2n) is 13.5. The normalized spacial score (nSPS) is 19.2. The summed E-state index contributed by atoms with van der Waals surface area (Å²) >= 11 is 0. The maximum Gasteiger partial charge on any atom is 0.416 e. The van der Waals surface area contributed by atoms with E-state index in [-0.39, 0.29) is 55.3 Å². The van der Waals surface area contributed by atoms with E-state index in [9.17, 15) is 45.9 Å². The van der Waals surface area contributed by atoms with Crippen molar-refractivity contribution >= 4 is 33.7 Å². The van der Waals surface area contributed by atoms with Crippen LogP contribution in [0, 0.1) is 5.92 Å². The zero-order valence-electron chi connectivity index (χ0n) is 31.9. The first-order valence-corrected chi connectivity index (χ1v) is 19.3. The van der Waals surface area contributed by atoms with Gasteiger partial charge in [0.05, 0.1) is 49.4 Å². The molecule has 0 aliphatic carbocycles. The number of hydrogen-bond donors (Lipinski definition) is 5. The molecule has 3 aromatic rings. The number of nitrogens with one attached hydrogen (secondary N) is 4. The number of carbonyl (C=O) groups excluding carboxylic acids is 4. The molecule has 4 amide bonds. The Labute approximate surface area is 328 Å². The number of aliphatic hydroxyl groups excluding tert-OH is 1. The van der Waals surface area contributed by atoms with E-state index in [1.54, 1.807) is 32.0 Å². The Balaban J connectivity index is 1.71. The van der Waals surface area contributed by atoms with E-state index in [0.717, 1.165) is 16.4 Å². The van der Waals surface area contributed by atoms with Crippen molar-refractivity contribution in [2.24, 2.45) is 5.92 Å². The highest BCUT2D eigenvalue weighted by molar-refractivity contribution is 7.89. The van der Waals surface area contributed by atoms with Crippen LogP contribution in [0.1, 0.15) is 55.1 Å². The quantitative estimate of drug-likeness (QED) is 0.246. The predicted octanol–water partition coefficient (Wildman–Crippen LogP) is 3.35. The topological polar surface area (TPSA) is 202 Å². The molecule has 0 saturated carbocycles. The number of sulfonamides is 1. The molecule has 1 aliphatic rings. The molecule has 310 valence electrons. The van der Waals surface area contributed by atoms with Crippen LogP contribution in [0.4, 0.5) is 13.2 Å². The van der Waals surface area contributed by atoms with Gasteiger partial charge in [0.2, 0.25) is 27.7 Å². The predicted molar refractivity (Wildman–Crippen MR) is 200 cm³/mol. The number of nitrogens with zero attached hydrogens (tertiary/aromatic N) is 1. The fraction of sp³-hybridized carbons (Fsp3) is 0.421. The van der Waals surface area contributed by atoms with Crippen molar-refractivity contribution in [1.29, 1.82) is 0 Å². The van der Waals surface area contributed by atoms with Gasteiger partial charge in [0.25, 0.3) is 5.91 Å². The highest BCUT2D eigenvalue weighted by Gasteiger charge is 2.35. The molecule has 3 atom stereocenters. The van der Waals surface area contributed by atoms with Crippen LogP contribution in [-0.4, -0.2) is 93.5 Å². The number of ether oxygens (including phenoxy) is 3. The molecule has 19 heteroatoms. The number of methoxy groups -OCH3 is 2. The van der Waals surface area contributed by atoms with Gasteiger partial charge < -0.3 is 40.6 Å². The summed E-state index contributed by atoms with van der Waals surface area (Å²) in [7, 11) is -1.75. The number of amides is 4. The van der Waals surface area contributed by atoms with Gasteiger partial charge in [-0.3, -0.25) is 19.2 Å². The van der Waals surface area contributed by atoms with Crippen LogP contribution in [0.5, 0.6) is 23.0 Å². The van der Waals surface area contributed by atoms with Gasteiger partial charge in [-0.2, -0.15) is 17.5 Å². The molecule has 1 aliphatic heterocycles. The lowest BCUT2D eigenvalue weighted by Crippen LogP contribution is -2.59. The molecule has 3 aromatic carbocycles. The van der Waals surface area contributed by atoms with Crippen LogP contribution >= 0.6 is 0 Å². The van der Waals surface area contributed by atoms with E-state index < -0.39 is 80.9 Å². The first-order valence-electron chi connectivity index (χ1n) is 17.9. The second-order valence-corrected chi connectivity index (χ2v) is 15.4. The van der Waals surface area contributed by atoms with Crippen LogP contribution in [-0.2, 0) is 37.1 Å². The van der Waals surface area contributed by atoms with Crippen molar-refractivity contribution in [3.8, 4) is 23.0 Å². The Kier molecular flexibility index (Phi) is 14.9. The number of benzene rings is 3. The molecule has 0 saturated heterocycles. The van der Waals surface area contributed by atoms with E-state index in [0.29, 0.717) is 23.4 Å². The zero-order valence-corrected chi connectivity index (χ0v) is 32.8. The monoisotopic (exact) mass is 821 g/mol. The number of rotatable bonds is 6. The van der Waals surface area contributed by atoms with Crippen LogP contribution < -0.4 is 35.5 Å². The molecule has 0 spiro atoms. The summed E-state index contributed by atoms with van der Waals surface area (Å²) in [4.78, 5) is 53.3. The second kappa shape index (κ2) is 19.2. The lowest BCUT2D eigenvalue weighted by Gasteiger charge is -2.28. The third-order valence-corrected chi connectivity index (χ3v) is 10.8. The standard InChI is InChI=1S/C38H46F3N5O10S/c1-22(2)33-36(50)43-20-27-28(54-4)9-8-10-29(27)56-31-19-24(11-16-30(31)55-5)35(49)42-17-6-7-18-46(21-32(48)44-34(23(3)47)37(51)45-33)57(52,53)26-14-12-25(13-15-26)38(39,40)41/h8-16,19,22-23,33-34,47H,6-7,17-18,20-21H2,1-5H3,(H,42,49)(H,43,50)(H,44,48)(H,45,51)/t23-,33-,34+/m1/s1. The minimum absolute atomic E-state index is 0.0580. The van der Waals surface area contributed by atoms with Crippen LogP contribution in [0.2, 0.25) is 0 Å². The number of aliphatic hydroxyl groups is 1. The maximum atomic E-state index is 13.7. The molecule has 0 radical (unpaired) electrons. The lowest BCUT2D eigenvalue weighted by atomic mass is 10.0. The molecule has 0 aromatic heterocycles. The summed E-state index contributed by atoms with van der Waals surface area (Å²) in [6, 6.07) is 9.30. The SMILES string of the molecule is COc1ccc2cc1Oc1cccc(OC)c1CNC(=O)[C@@H](C(C)C)NC(=O)[C@H]([C@@H](C)O)NC(=O)CN(S(=O)(=O)c1ccc(C(F)(F)F)cc1)CCCCNC2=O. The number of hydrogen-bond acceptors (Lipinski definition) is 10. The number of alkyl halides is 3. The van der Waals surface area contributed by atoms with Crippen molar-refractivity contribution in [2.75, 3.05) is 33.9 Å².